The molecule has 0 fully saturated rings. The van der Waals surface area contributed by atoms with Crippen molar-refractivity contribution in [2.75, 3.05) is 0 Å². The van der Waals surface area contributed by atoms with Crippen molar-refractivity contribution < 1.29 is 0 Å². The molecule has 46 heavy (non-hydrogen) atoms. The summed E-state index contributed by atoms with van der Waals surface area (Å²) in [5.74, 6) is 1.98. The summed E-state index contributed by atoms with van der Waals surface area (Å²) in [5.41, 5.74) is 5.23. The highest BCUT2D eigenvalue weighted by Gasteiger charge is 2.14. The van der Waals surface area contributed by atoms with E-state index >= 15 is 0 Å². The first-order chi connectivity index (χ1) is 22.8. The molecule has 214 valence electrons. The zero-order valence-electron chi connectivity index (χ0n) is 24.9. The Hall–Kier alpha value is -6.19. The van der Waals surface area contributed by atoms with Crippen LogP contribution in [0.5, 0.6) is 0 Å². The van der Waals surface area contributed by atoms with Crippen molar-refractivity contribution >= 4 is 43.1 Å². The Bertz CT molecular complexity index is 2500. The van der Waals surface area contributed by atoms with E-state index in [1.54, 1.807) is 0 Å². The number of aromatic nitrogens is 3. The van der Waals surface area contributed by atoms with Gasteiger partial charge in [-0.25, -0.2) is 15.0 Å². The summed E-state index contributed by atoms with van der Waals surface area (Å²) in [6.07, 6.45) is 0. The SMILES string of the molecule is c1ccc(-c2nc(-c3ccccc3)nc(-c3ccc(-c4cccc5ccc6c7ccc8ccccc8c7ccc6c45)cc3)n2)cc1. The van der Waals surface area contributed by atoms with Gasteiger partial charge in [0.15, 0.2) is 17.5 Å². The number of benzene rings is 8. The molecule has 3 nitrogen and oxygen atoms in total. The van der Waals surface area contributed by atoms with Gasteiger partial charge in [-0.3, -0.25) is 0 Å². The normalized spacial score (nSPS) is 11.5. The van der Waals surface area contributed by atoms with Crippen LogP contribution in [0.2, 0.25) is 0 Å². The summed E-state index contributed by atoms with van der Waals surface area (Å²) in [6.45, 7) is 0. The van der Waals surface area contributed by atoms with E-state index in [0.717, 1.165) is 22.3 Å². The van der Waals surface area contributed by atoms with Gasteiger partial charge in [0.25, 0.3) is 0 Å². The molecule has 1 heterocycles. The molecule has 0 radical (unpaired) electrons. The molecule has 3 heteroatoms. The average Bonchev–Trinajstić information content (AvgIpc) is 3.14. The molecule has 0 spiro atoms. The topological polar surface area (TPSA) is 38.7 Å². The zero-order valence-corrected chi connectivity index (χ0v) is 24.9. The lowest BCUT2D eigenvalue weighted by molar-refractivity contribution is 1.07. The van der Waals surface area contributed by atoms with Crippen LogP contribution in [0.3, 0.4) is 0 Å². The molecule has 0 aliphatic carbocycles. The first kappa shape index (κ1) is 26.2. The molecule has 9 rings (SSSR count). The van der Waals surface area contributed by atoms with Crippen LogP contribution in [0, 0.1) is 0 Å². The van der Waals surface area contributed by atoms with Crippen LogP contribution in [-0.4, -0.2) is 15.0 Å². The van der Waals surface area contributed by atoms with Crippen LogP contribution in [0.1, 0.15) is 0 Å². The van der Waals surface area contributed by atoms with Crippen molar-refractivity contribution in [2.45, 2.75) is 0 Å². The Morgan fingerprint density at radius 1 is 0.261 bits per heavy atom. The molecule has 0 N–H and O–H groups in total. The molecular formula is C43H27N3. The number of fused-ring (bicyclic) bond motifs is 7. The van der Waals surface area contributed by atoms with E-state index in [2.05, 4.69) is 103 Å². The van der Waals surface area contributed by atoms with Gasteiger partial charge >= 0.3 is 0 Å². The fraction of sp³-hybridized carbons (Fsp3) is 0. The van der Waals surface area contributed by atoms with Crippen molar-refractivity contribution in [3.63, 3.8) is 0 Å². The van der Waals surface area contributed by atoms with Crippen molar-refractivity contribution in [1.82, 2.24) is 15.0 Å². The van der Waals surface area contributed by atoms with E-state index < -0.39 is 0 Å². The van der Waals surface area contributed by atoms with Gasteiger partial charge in [-0.15, -0.1) is 0 Å². The number of nitrogens with zero attached hydrogens (tertiary/aromatic N) is 3. The van der Waals surface area contributed by atoms with Crippen molar-refractivity contribution in [3.05, 3.63) is 164 Å². The average molecular weight is 586 g/mol. The molecule has 0 atom stereocenters. The van der Waals surface area contributed by atoms with Gasteiger partial charge in [0.05, 0.1) is 0 Å². The minimum absolute atomic E-state index is 0.654. The molecule has 0 unspecified atom stereocenters. The fourth-order valence-electron chi connectivity index (χ4n) is 6.67. The lowest BCUT2D eigenvalue weighted by Gasteiger charge is -2.14. The predicted octanol–water partition coefficient (Wildman–Crippen LogP) is 11.2. The second-order valence-corrected chi connectivity index (χ2v) is 11.6. The summed E-state index contributed by atoms with van der Waals surface area (Å²) in [5, 5.41) is 10.1. The highest BCUT2D eigenvalue weighted by molar-refractivity contribution is 6.24. The Kier molecular flexibility index (Phi) is 6.14. The van der Waals surface area contributed by atoms with E-state index in [9.17, 15) is 0 Å². The van der Waals surface area contributed by atoms with E-state index in [0.29, 0.717) is 17.5 Å². The maximum atomic E-state index is 4.92. The van der Waals surface area contributed by atoms with Crippen LogP contribution >= 0.6 is 0 Å². The van der Waals surface area contributed by atoms with Crippen molar-refractivity contribution in [3.8, 4) is 45.3 Å². The van der Waals surface area contributed by atoms with Crippen LogP contribution in [0.25, 0.3) is 88.4 Å². The van der Waals surface area contributed by atoms with Crippen LogP contribution < -0.4 is 0 Å². The van der Waals surface area contributed by atoms with E-state index in [-0.39, 0.29) is 0 Å². The lowest BCUT2D eigenvalue weighted by Crippen LogP contribution is -2.00. The minimum atomic E-state index is 0.654. The second kappa shape index (κ2) is 10.8. The summed E-state index contributed by atoms with van der Waals surface area (Å²) in [6, 6.07) is 57.6. The molecule has 0 saturated heterocycles. The first-order valence-corrected chi connectivity index (χ1v) is 15.5. The molecule has 0 aliphatic rings. The predicted molar refractivity (Wildman–Crippen MR) is 192 cm³/mol. The number of hydrogen-bond acceptors (Lipinski definition) is 3. The van der Waals surface area contributed by atoms with Gasteiger partial charge in [-0.2, -0.15) is 0 Å². The first-order valence-electron chi connectivity index (χ1n) is 15.5. The van der Waals surface area contributed by atoms with Gasteiger partial charge in [0.1, 0.15) is 0 Å². The van der Waals surface area contributed by atoms with Gasteiger partial charge in [0.2, 0.25) is 0 Å². The number of hydrogen-bond donors (Lipinski definition) is 0. The molecule has 9 aromatic rings. The van der Waals surface area contributed by atoms with Crippen LogP contribution in [0.15, 0.2) is 164 Å². The standard InChI is InChI=1S/C43H27N3/c1-3-11-31(12-4-1)41-44-42(32-13-5-2-6-14-32)46-43(45-41)33-20-18-29(19-21-33)35-17-9-15-30-23-25-38-37-24-22-28-10-7-8-16-34(28)36(37)26-27-39(38)40(30)35/h1-27H. The monoisotopic (exact) mass is 585 g/mol. The van der Waals surface area contributed by atoms with Gasteiger partial charge in [-0.1, -0.05) is 164 Å². The Balaban J connectivity index is 1.18. The van der Waals surface area contributed by atoms with Crippen molar-refractivity contribution in [2.24, 2.45) is 0 Å². The van der Waals surface area contributed by atoms with E-state index in [1.807, 2.05) is 60.7 Å². The van der Waals surface area contributed by atoms with E-state index in [1.165, 1.54) is 48.7 Å². The highest BCUT2D eigenvalue weighted by atomic mass is 15.0. The summed E-state index contributed by atoms with van der Waals surface area (Å²) in [4.78, 5) is 14.7. The van der Waals surface area contributed by atoms with Crippen LogP contribution in [0.4, 0.5) is 0 Å². The molecule has 8 aromatic carbocycles. The third-order valence-electron chi connectivity index (χ3n) is 8.92. The third kappa shape index (κ3) is 4.41. The van der Waals surface area contributed by atoms with Crippen molar-refractivity contribution in [1.29, 1.82) is 0 Å². The Morgan fingerprint density at radius 2 is 0.717 bits per heavy atom. The highest BCUT2D eigenvalue weighted by Crippen LogP contribution is 2.39. The second-order valence-electron chi connectivity index (χ2n) is 11.6. The number of rotatable bonds is 4. The molecule has 1 aromatic heterocycles. The minimum Gasteiger partial charge on any atom is -0.208 e. The van der Waals surface area contributed by atoms with Gasteiger partial charge in [0, 0.05) is 16.7 Å². The van der Waals surface area contributed by atoms with Crippen LogP contribution in [-0.2, 0) is 0 Å². The molecule has 0 saturated carbocycles. The molecule has 0 amide bonds. The third-order valence-corrected chi connectivity index (χ3v) is 8.92. The fourth-order valence-corrected chi connectivity index (χ4v) is 6.67. The summed E-state index contributed by atoms with van der Waals surface area (Å²) < 4.78 is 0. The van der Waals surface area contributed by atoms with Gasteiger partial charge in [-0.05, 0) is 54.2 Å². The molecule has 0 bridgehead atoms. The molecular weight excluding hydrogens is 558 g/mol. The summed E-state index contributed by atoms with van der Waals surface area (Å²) >= 11 is 0. The zero-order chi connectivity index (χ0) is 30.5. The van der Waals surface area contributed by atoms with E-state index in [4.69, 9.17) is 15.0 Å². The Labute approximate surface area is 266 Å². The quantitative estimate of drug-likeness (QED) is 0.193. The van der Waals surface area contributed by atoms with Gasteiger partial charge < -0.3 is 0 Å². The summed E-state index contributed by atoms with van der Waals surface area (Å²) in [7, 11) is 0. The Morgan fingerprint density at radius 3 is 1.39 bits per heavy atom. The maximum Gasteiger partial charge on any atom is 0.164 e. The maximum absolute atomic E-state index is 4.92. The lowest BCUT2D eigenvalue weighted by atomic mass is 9.90. The molecule has 0 aliphatic heterocycles. The smallest absolute Gasteiger partial charge is 0.164 e. The largest absolute Gasteiger partial charge is 0.208 e.